The highest BCUT2D eigenvalue weighted by Crippen LogP contribution is 2.39. The molecule has 54 heavy (non-hydrogen) atoms. The van der Waals surface area contributed by atoms with E-state index in [0.29, 0.717) is 69.3 Å². The van der Waals surface area contributed by atoms with E-state index in [4.69, 9.17) is 0 Å². The number of phenolic OH excluding ortho intramolecular Hbond substituents is 3. The molecule has 3 atom stereocenters. The number of hydrogen-bond donors (Lipinski definition) is 3. The third-order valence-corrected chi connectivity index (χ3v) is 10.9. The van der Waals surface area contributed by atoms with Gasteiger partial charge in [-0.25, -0.2) is 28.1 Å². The highest BCUT2D eigenvalue weighted by molar-refractivity contribution is 5.49. The van der Waals surface area contributed by atoms with Gasteiger partial charge in [-0.05, 0) is 125 Å². The zero-order valence-electron chi connectivity index (χ0n) is 35.2. The van der Waals surface area contributed by atoms with Gasteiger partial charge in [-0.3, -0.25) is 0 Å². The number of aryl methyl sites for hydroxylation is 3. The molecule has 294 valence electrons. The molecule has 9 nitrogen and oxygen atoms in total. The lowest BCUT2D eigenvalue weighted by Gasteiger charge is -2.30. The van der Waals surface area contributed by atoms with Crippen LogP contribution in [-0.2, 0) is 16.2 Å². The number of rotatable bonds is 9. The molecular formula is C45H63N3O6. The van der Waals surface area contributed by atoms with E-state index in [1.807, 2.05) is 140 Å². The van der Waals surface area contributed by atoms with E-state index in [2.05, 4.69) is 0 Å². The second-order valence-corrected chi connectivity index (χ2v) is 18.2. The first kappa shape index (κ1) is 42.2. The molecule has 1 heterocycles. The standard InChI is InChI=1S/C45H63N3O6/c1-16-34(28-19-25(4)37(49)31(22-28)43(7,8)9)46-40(52)47(35(17-2)29-20-26(5)38(50)32(23-29)44(10,11)12)42(54)48(41(46)53)36(18-3)30-21-27(6)39(51)33(24-30)45(13,14)15/h19-24,34-36,49-51H,16-18H2,1-15H3. The van der Waals surface area contributed by atoms with Gasteiger partial charge in [-0.1, -0.05) is 101 Å². The van der Waals surface area contributed by atoms with Gasteiger partial charge in [0.15, 0.2) is 0 Å². The van der Waals surface area contributed by atoms with Gasteiger partial charge < -0.3 is 15.3 Å². The number of benzene rings is 3. The Morgan fingerprint density at radius 2 is 0.648 bits per heavy atom. The molecule has 0 fully saturated rings. The Hall–Kier alpha value is -4.53. The van der Waals surface area contributed by atoms with Crippen LogP contribution < -0.4 is 17.1 Å². The maximum atomic E-state index is 15.1. The molecule has 0 aliphatic rings. The molecule has 0 saturated heterocycles. The average Bonchev–Trinajstić information content (AvgIpc) is 3.05. The first-order valence-electron chi connectivity index (χ1n) is 19.3. The van der Waals surface area contributed by atoms with Crippen molar-refractivity contribution in [1.29, 1.82) is 0 Å². The van der Waals surface area contributed by atoms with E-state index in [0.717, 1.165) is 0 Å². The lowest BCUT2D eigenvalue weighted by molar-refractivity contribution is 0.365. The molecule has 0 aliphatic heterocycles. The minimum atomic E-state index is -0.767. The summed E-state index contributed by atoms with van der Waals surface area (Å²) in [6.45, 7) is 29.1. The van der Waals surface area contributed by atoms with Crippen LogP contribution in [0, 0.1) is 20.8 Å². The summed E-state index contributed by atoms with van der Waals surface area (Å²) in [7, 11) is 0. The van der Waals surface area contributed by atoms with E-state index in [-0.39, 0.29) is 17.2 Å². The van der Waals surface area contributed by atoms with Crippen LogP contribution in [-0.4, -0.2) is 29.0 Å². The van der Waals surface area contributed by atoms with Crippen molar-refractivity contribution in [3.63, 3.8) is 0 Å². The summed E-state index contributed by atoms with van der Waals surface area (Å²) in [4.78, 5) is 45.3. The largest absolute Gasteiger partial charge is 0.507 e. The lowest BCUT2D eigenvalue weighted by atomic mass is 9.83. The summed E-state index contributed by atoms with van der Waals surface area (Å²) < 4.78 is 3.67. The fourth-order valence-corrected chi connectivity index (χ4v) is 7.81. The van der Waals surface area contributed by atoms with Crippen molar-refractivity contribution >= 4 is 0 Å². The van der Waals surface area contributed by atoms with Crippen molar-refractivity contribution in [1.82, 2.24) is 13.7 Å². The molecule has 4 aromatic rings. The average molecular weight is 742 g/mol. The van der Waals surface area contributed by atoms with Crippen LogP contribution in [0.25, 0.3) is 0 Å². The number of phenols is 3. The minimum Gasteiger partial charge on any atom is -0.507 e. The Bertz CT molecular complexity index is 1950. The number of nitrogens with zero attached hydrogens (tertiary/aromatic N) is 3. The Morgan fingerprint density at radius 1 is 0.444 bits per heavy atom. The van der Waals surface area contributed by atoms with Crippen molar-refractivity contribution in [3.8, 4) is 17.2 Å². The number of aromatic nitrogens is 3. The zero-order valence-corrected chi connectivity index (χ0v) is 35.2. The third kappa shape index (κ3) is 7.69. The second-order valence-electron chi connectivity index (χ2n) is 18.2. The second kappa shape index (κ2) is 15.0. The van der Waals surface area contributed by atoms with Gasteiger partial charge in [-0.2, -0.15) is 0 Å². The molecule has 4 rings (SSSR count). The van der Waals surface area contributed by atoms with Gasteiger partial charge in [0.1, 0.15) is 17.2 Å². The van der Waals surface area contributed by atoms with Gasteiger partial charge in [0, 0.05) is 0 Å². The van der Waals surface area contributed by atoms with Crippen molar-refractivity contribution in [2.75, 3.05) is 0 Å². The summed E-state index contributed by atoms with van der Waals surface area (Å²) in [5, 5.41) is 33.3. The smallest absolute Gasteiger partial charge is 0.337 e. The van der Waals surface area contributed by atoms with Crippen molar-refractivity contribution in [2.24, 2.45) is 0 Å². The first-order chi connectivity index (χ1) is 24.8. The predicted octanol–water partition coefficient (Wildman–Crippen LogP) is 9.10. The maximum Gasteiger partial charge on any atom is 0.337 e. The van der Waals surface area contributed by atoms with Crippen LogP contribution >= 0.6 is 0 Å². The Balaban J connectivity index is 2.23. The number of hydrogen-bond acceptors (Lipinski definition) is 6. The quantitative estimate of drug-likeness (QED) is 0.157. The Labute approximate surface area is 321 Å². The number of aromatic hydroxyl groups is 3. The fourth-order valence-electron chi connectivity index (χ4n) is 7.81. The summed E-state index contributed by atoms with van der Waals surface area (Å²) in [6, 6.07) is 8.76. The predicted molar refractivity (Wildman–Crippen MR) is 219 cm³/mol. The molecule has 3 unspecified atom stereocenters. The minimum absolute atomic E-state index is 0.169. The highest BCUT2D eigenvalue weighted by Gasteiger charge is 2.33. The first-order valence-corrected chi connectivity index (χ1v) is 19.3. The molecule has 3 aromatic carbocycles. The molecule has 0 spiro atoms. The van der Waals surface area contributed by atoms with Crippen LogP contribution in [0.5, 0.6) is 17.2 Å². The molecule has 0 saturated carbocycles. The molecule has 9 heteroatoms. The van der Waals surface area contributed by atoms with Gasteiger partial charge in [0.25, 0.3) is 0 Å². The highest BCUT2D eigenvalue weighted by atomic mass is 16.3. The van der Waals surface area contributed by atoms with E-state index in [1.54, 1.807) is 0 Å². The van der Waals surface area contributed by atoms with E-state index in [9.17, 15) is 15.3 Å². The van der Waals surface area contributed by atoms with Crippen molar-refractivity contribution < 1.29 is 15.3 Å². The van der Waals surface area contributed by atoms with Crippen molar-refractivity contribution in [3.05, 3.63) is 118 Å². The third-order valence-electron chi connectivity index (χ3n) is 10.9. The monoisotopic (exact) mass is 741 g/mol. The molecule has 0 radical (unpaired) electrons. The van der Waals surface area contributed by atoms with Crippen LogP contribution in [0.1, 0.15) is 171 Å². The molecule has 0 bridgehead atoms. The van der Waals surface area contributed by atoms with Gasteiger partial charge >= 0.3 is 17.1 Å². The fraction of sp³-hybridized carbons (Fsp3) is 0.533. The normalized spacial score (nSPS) is 14.3. The zero-order chi connectivity index (χ0) is 41.0. The SMILES string of the molecule is CCC(c1cc(C)c(O)c(C(C)(C)C)c1)n1c(=O)n(C(CC)c2cc(C)c(O)c(C(C)(C)C)c2)c(=O)n(C(CC)c2cc(C)c(O)c(C(C)(C)C)c2)c1=O. The molecule has 3 N–H and O–H groups in total. The van der Waals surface area contributed by atoms with E-state index < -0.39 is 51.4 Å². The van der Waals surface area contributed by atoms with Gasteiger partial charge in [-0.15, -0.1) is 0 Å². The molecular weight excluding hydrogens is 679 g/mol. The van der Waals surface area contributed by atoms with Gasteiger partial charge in [0.05, 0.1) is 18.1 Å². The van der Waals surface area contributed by atoms with Crippen LogP contribution in [0.2, 0.25) is 0 Å². The Kier molecular flexibility index (Phi) is 11.7. The molecule has 1 aromatic heterocycles. The van der Waals surface area contributed by atoms with Crippen LogP contribution in [0.4, 0.5) is 0 Å². The lowest BCUT2D eigenvalue weighted by Crippen LogP contribution is -2.57. The van der Waals surface area contributed by atoms with Crippen LogP contribution in [0.3, 0.4) is 0 Å². The summed E-state index contributed by atoms with van der Waals surface area (Å²) in [6.07, 6.45) is 1.06. The van der Waals surface area contributed by atoms with E-state index >= 15 is 14.4 Å². The summed E-state index contributed by atoms with van der Waals surface area (Å²) in [5.41, 5.74) is 2.52. The van der Waals surface area contributed by atoms with Crippen molar-refractivity contribution in [2.45, 2.75) is 157 Å². The Morgan fingerprint density at radius 3 is 0.815 bits per heavy atom. The summed E-state index contributed by atoms with van der Waals surface area (Å²) >= 11 is 0. The molecule has 0 amide bonds. The summed E-state index contributed by atoms with van der Waals surface area (Å²) in [5.74, 6) is 0.507. The topological polar surface area (TPSA) is 127 Å². The molecule has 0 aliphatic carbocycles. The maximum absolute atomic E-state index is 15.1. The van der Waals surface area contributed by atoms with E-state index in [1.165, 1.54) is 13.7 Å². The van der Waals surface area contributed by atoms with Gasteiger partial charge in [0.2, 0.25) is 0 Å². The van der Waals surface area contributed by atoms with Crippen LogP contribution in [0.15, 0.2) is 50.8 Å².